The molecule has 1 aliphatic rings. The third-order valence-corrected chi connectivity index (χ3v) is 7.33. The van der Waals surface area contributed by atoms with Gasteiger partial charge in [-0.3, -0.25) is 19.3 Å². The molecule has 2 aromatic carbocycles. The highest BCUT2D eigenvalue weighted by molar-refractivity contribution is 8.18. The summed E-state index contributed by atoms with van der Waals surface area (Å²) in [5, 5.41) is 4.29. The van der Waals surface area contributed by atoms with E-state index in [9.17, 15) is 18.8 Å². The van der Waals surface area contributed by atoms with Crippen LogP contribution in [0.15, 0.2) is 69.2 Å². The Morgan fingerprint density at radius 2 is 1.94 bits per heavy atom. The monoisotopic (exact) mass is 499 g/mol. The zero-order valence-corrected chi connectivity index (χ0v) is 19.6. The van der Waals surface area contributed by atoms with E-state index in [0.717, 1.165) is 27.3 Å². The van der Waals surface area contributed by atoms with Crippen molar-refractivity contribution in [3.63, 3.8) is 0 Å². The van der Waals surface area contributed by atoms with Gasteiger partial charge in [-0.2, -0.15) is 0 Å². The van der Waals surface area contributed by atoms with E-state index in [4.69, 9.17) is 0 Å². The zero-order chi connectivity index (χ0) is 23.2. The summed E-state index contributed by atoms with van der Waals surface area (Å²) < 4.78 is 13.9. The van der Waals surface area contributed by atoms with Crippen molar-refractivity contribution in [1.82, 2.24) is 15.2 Å². The number of hydrogen-bond donors (Lipinski definition) is 1. The number of benzene rings is 2. The van der Waals surface area contributed by atoms with E-state index in [1.807, 2.05) is 17.5 Å². The number of aromatic nitrogens is 1. The Hall–Kier alpha value is -2.95. The molecule has 1 aliphatic heterocycles. The maximum absolute atomic E-state index is 13.9. The Morgan fingerprint density at radius 1 is 1.15 bits per heavy atom. The van der Waals surface area contributed by atoms with Gasteiger partial charge in [-0.15, -0.1) is 23.1 Å². The van der Waals surface area contributed by atoms with Gasteiger partial charge in [0.25, 0.3) is 17.1 Å². The van der Waals surface area contributed by atoms with E-state index in [1.54, 1.807) is 29.8 Å². The zero-order valence-electron chi connectivity index (χ0n) is 17.2. The average Bonchev–Trinajstić information content (AvgIpc) is 3.43. The minimum Gasteiger partial charge on any atom is -0.350 e. The van der Waals surface area contributed by atoms with E-state index in [-0.39, 0.29) is 29.5 Å². The van der Waals surface area contributed by atoms with Gasteiger partial charge < -0.3 is 5.32 Å². The maximum atomic E-state index is 13.9. The Balaban J connectivity index is 1.35. The number of thioether (sulfide) groups is 2. The van der Waals surface area contributed by atoms with Gasteiger partial charge in [0.1, 0.15) is 5.82 Å². The van der Waals surface area contributed by atoms with E-state index >= 15 is 0 Å². The molecule has 1 fully saturated rings. The Kier molecular flexibility index (Phi) is 7.58. The lowest BCUT2D eigenvalue weighted by Gasteiger charge is -2.14. The van der Waals surface area contributed by atoms with Crippen LogP contribution in [0.4, 0.5) is 9.18 Å². The van der Waals surface area contributed by atoms with Gasteiger partial charge in [-0.1, -0.05) is 30.3 Å². The van der Waals surface area contributed by atoms with Crippen LogP contribution in [0.25, 0.3) is 6.08 Å². The van der Waals surface area contributed by atoms with Crippen LogP contribution in [0.5, 0.6) is 0 Å². The second-order valence-corrected chi connectivity index (χ2v) is 9.60. The first-order valence-electron chi connectivity index (χ1n) is 9.90. The average molecular weight is 500 g/mol. The number of rotatable bonds is 8. The molecule has 0 aliphatic carbocycles. The van der Waals surface area contributed by atoms with Crippen LogP contribution in [0.1, 0.15) is 21.6 Å². The topological polar surface area (TPSA) is 79.4 Å². The predicted octanol–water partition coefficient (Wildman–Crippen LogP) is 5.04. The summed E-state index contributed by atoms with van der Waals surface area (Å²) in [4.78, 5) is 43.9. The summed E-state index contributed by atoms with van der Waals surface area (Å²) in [6, 6.07) is 13.3. The molecule has 0 saturated carbocycles. The number of nitrogens with zero attached hydrogens (tertiary/aromatic N) is 2. The van der Waals surface area contributed by atoms with Gasteiger partial charge in [0.15, 0.2) is 0 Å². The predicted molar refractivity (Wildman–Crippen MR) is 130 cm³/mol. The molecule has 0 unspecified atom stereocenters. The lowest BCUT2D eigenvalue weighted by molar-refractivity contribution is -0.122. The maximum Gasteiger partial charge on any atom is 0.293 e. The molecule has 168 valence electrons. The highest BCUT2D eigenvalue weighted by atomic mass is 32.2. The van der Waals surface area contributed by atoms with Crippen molar-refractivity contribution in [3.8, 4) is 0 Å². The summed E-state index contributed by atoms with van der Waals surface area (Å²) in [6.07, 6.45) is 1.37. The van der Waals surface area contributed by atoms with E-state index < -0.39 is 17.0 Å². The first-order chi connectivity index (χ1) is 16.0. The first kappa shape index (κ1) is 23.2. The molecule has 0 radical (unpaired) electrons. The molecule has 33 heavy (non-hydrogen) atoms. The van der Waals surface area contributed by atoms with Gasteiger partial charge in [-0.25, -0.2) is 9.37 Å². The molecule has 3 amide bonds. The number of halogens is 1. The molecule has 1 N–H and O–H groups in total. The number of hydrogen-bond acceptors (Lipinski definition) is 7. The molecule has 0 bridgehead atoms. The number of thiazole rings is 1. The third-order valence-electron chi connectivity index (χ3n) is 4.68. The normalized spacial score (nSPS) is 14.8. The van der Waals surface area contributed by atoms with Crippen LogP contribution < -0.4 is 5.32 Å². The molecule has 3 aromatic rings. The molecule has 6 nitrogen and oxygen atoms in total. The largest absolute Gasteiger partial charge is 0.350 e. The fourth-order valence-electron chi connectivity index (χ4n) is 3.04. The van der Waals surface area contributed by atoms with Crippen molar-refractivity contribution in [1.29, 1.82) is 0 Å². The second kappa shape index (κ2) is 10.8. The summed E-state index contributed by atoms with van der Waals surface area (Å²) >= 11 is 3.80. The van der Waals surface area contributed by atoms with Gasteiger partial charge in [-0.05, 0) is 36.0 Å². The fraction of sp³-hybridized carbons (Fsp3) is 0.130. The molecule has 10 heteroatoms. The Morgan fingerprint density at radius 3 is 2.73 bits per heavy atom. The van der Waals surface area contributed by atoms with Crippen molar-refractivity contribution in [2.45, 2.75) is 10.6 Å². The summed E-state index contributed by atoms with van der Waals surface area (Å²) in [7, 11) is 0. The van der Waals surface area contributed by atoms with Crippen LogP contribution in [0.3, 0.4) is 0 Å². The molecule has 0 atom stereocenters. The van der Waals surface area contributed by atoms with E-state index in [0.29, 0.717) is 11.3 Å². The molecule has 0 spiro atoms. The molecule has 2 heterocycles. The smallest absolute Gasteiger partial charge is 0.293 e. The van der Waals surface area contributed by atoms with Crippen molar-refractivity contribution >= 4 is 58.0 Å². The van der Waals surface area contributed by atoms with Gasteiger partial charge in [0.05, 0.1) is 21.7 Å². The van der Waals surface area contributed by atoms with Gasteiger partial charge >= 0.3 is 0 Å². The molecule has 4 rings (SSSR count). The van der Waals surface area contributed by atoms with Crippen molar-refractivity contribution in [2.75, 3.05) is 13.1 Å². The van der Waals surface area contributed by atoms with Crippen molar-refractivity contribution in [3.05, 3.63) is 87.0 Å². The van der Waals surface area contributed by atoms with Crippen LogP contribution in [0, 0.1) is 5.82 Å². The quantitative estimate of drug-likeness (QED) is 0.346. The number of amides is 3. The van der Waals surface area contributed by atoms with Crippen LogP contribution >= 0.6 is 34.9 Å². The SMILES string of the molecule is O=C(NCCN1C(=O)S/C(=C\c2ccccc2F)C1=O)c1ccccc1SCc1cscn1. The number of carbonyl (C=O) groups excluding carboxylic acids is 3. The van der Waals surface area contributed by atoms with Crippen LogP contribution in [-0.2, 0) is 10.5 Å². The highest BCUT2D eigenvalue weighted by Crippen LogP contribution is 2.32. The Labute approximate surface area is 202 Å². The standard InChI is InChI=1S/C23H18FN3O3S3/c24-18-7-3-1-5-15(18)11-20-22(29)27(23(30)33-20)10-9-25-21(28)17-6-2-4-8-19(17)32-13-16-12-31-14-26-16/h1-8,11-12,14H,9-10,13H2,(H,25,28)/b20-11-. The number of nitrogens with one attached hydrogen (secondary N) is 1. The molecular formula is C23H18FN3O3S3. The summed E-state index contributed by atoms with van der Waals surface area (Å²) in [5.41, 5.74) is 3.47. The minimum absolute atomic E-state index is 0.0269. The number of imide groups is 1. The molecular weight excluding hydrogens is 481 g/mol. The van der Waals surface area contributed by atoms with Gasteiger partial charge in [0, 0.05) is 34.7 Å². The Bertz CT molecular complexity index is 1210. The van der Waals surface area contributed by atoms with Crippen molar-refractivity contribution in [2.24, 2.45) is 0 Å². The van der Waals surface area contributed by atoms with Crippen LogP contribution in [0.2, 0.25) is 0 Å². The van der Waals surface area contributed by atoms with Gasteiger partial charge in [0.2, 0.25) is 0 Å². The summed E-state index contributed by atoms with van der Waals surface area (Å²) in [5.74, 6) is -0.603. The van der Waals surface area contributed by atoms with E-state index in [2.05, 4.69) is 10.3 Å². The molecule has 1 aromatic heterocycles. The number of carbonyl (C=O) groups is 3. The van der Waals surface area contributed by atoms with Crippen LogP contribution in [-0.4, -0.2) is 40.0 Å². The molecule has 1 saturated heterocycles. The lowest BCUT2D eigenvalue weighted by atomic mass is 10.2. The first-order valence-corrected chi connectivity index (χ1v) is 12.6. The van der Waals surface area contributed by atoms with Crippen molar-refractivity contribution < 1.29 is 18.8 Å². The highest BCUT2D eigenvalue weighted by Gasteiger charge is 2.34. The summed E-state index contributed by atoms with van der Waals surface area (Å²) in [6.45, 7) is 0.133. The van der Waals surface area contributed by atoms with E-state index in [1.165, 1.54) is 41.3 Å². The second-order valence-electron chi connectivity index (χ2n) is 6.88. The fourth-order valence-corrected chi connectivity index (χ4v) is 5.52. The lowest BCUT2D eigenvalue weighted by Crippen LogP contribution is -2.37. The minimum atomic E-state index is -0.498. The third kappa shape index (κ3) is 5.70.